The van der Waals surface area contributed by atoms with Crippen LogP contribution in [-0.4, -0.2) is 56.4 Å². The van der Waals surface area contributed by atoms with E-state index in [4.69, 9.17) is 9.47 Å². The molecule has 0 amide bonds. The molecule has 2 heterocycles. The number of rotatable bonds is 7. The lowest BCUT2D eigenvalue weighted by Gasteiger charge is -2.32. The van der Waals surface area contributed by atoms with E-state index in [9.17, 15) is 4.39 Å². The number of hydrogen-bond donors (Lipinski definition) is 2. The summed E-state index contributed by atoms with van der Waals surface area (Å²) in [6.45, 7) is 7.45. The first kappa shape index (κ1) is 21.8. The number of morpholine rings is 1. The van der Waals surface area contributed by atoms with Crippen molar-refractivity contribution in [1.29, 1.82) is 0 Å². The Labute approximate surface area is 177 Å². The number of benzene rings is 1. The summed E-state index contributed by atoms with van der Waals surface area (Å²) in [5.74, 6) is 1.49. The van der Waals surface area contributed by atoms with Crippen LogP contribution in [0.1, 0.15) is 19.4 Å². The molecule has 7 nitrogen and oxygen atoms in total. The van der Waals surface area contributed by atoms with Gasteiger partial charge in [0, 0.05) is 32.9 Å². The topological polar surface area (TPSA) is 71.0 Å². The predicted molar refractivity (Wildman–Crippen MR) is 117 cm³/mol. The smallest absolute Gasteiger partial charge is 0.191 e. The molecule has 0 spiro atoms. The van der Waals surface area contributed by atoms with E-state index in [1.807, 2.05) is 19.2 Å². The van der Waals surface area contributed by atoms with Crippen LogP contribution in [0, 0.1) is 5.82 Å². The molecule has 3 rings (SSSR count). The minimum absolute atomic E-state index is 0.207. The first-order valence-electron chi connectivity index (χ1n) is 10.2. The summed E-state index contributed by atoms with van der Waals surface area (Å²) in [4.78, 5) is 11.0. The maximum atomic E-state index is 13.7. The van der Waals surface area contributed by atoms with E-state index < -0.39 is 0 Å². The van der Waals surface area contributed by atoms with Crippen LogP contribution in [0.2, 0.25) is 0 Å². The summed E-state index contributed by atoms with van der Waals surface area (Å²) in [5.41, 5.74) is 1.11. The molecule has 1 saturated heterocycles. The number of para-hydroxylation sites is 1. The summed E-state index contributed by atoms with van der Waals surface area (Å²) >= 11 is 0. The Hall–Kier alpha value is -2.87. The standard InChI is InChI=1S/C22H30FN5O2/c1-16(30-20-7-5-4-6-19(20)23)13-26-22(24-3)27-14-18-8-9-25-21(12-18)28-10-11-29-17(2)15-28/h4-9,12,16-17H,10-11,13-15H2,1-3H3,(H2,24,26,27). The van der Waals surface area contributed by atoms with E-state index in [2.05, 4.69) is 38.5 Å². The second kappa shape index (κ2) is 10.8. The van der Waals surface area contributed by atoms with Crippen molar-refractivity contribution in [3.8, 4) is 5.75 Å². The summed E-state index contributed by atoms with van der Waals surface area (Å²) in [5, 5.41) is 6.51. The number of halogens is 1. The van der Waals surface area contributed by atoms with Crippen molar-refractivity contribution in [3.63, 3.8) is 0 Å². The summed E-state index contributed by atoms with van der Waals surface area (Å²) in [6.07, 6.45) is 1.81. The number of ether oxygens (including phenoxy) is 2. The molecule has 0 radical (unpaired) electrons. The van der Waals surface area contributed by atoms with Crippen LogP contribution in [0.5, 0.6) is 5.75 Å². The average molecular weight is 416 g/mol. The van der Waals surface area contributed by atoms with Crippen molar-refractivity contribution in [3.05, 3.63) is 54.0 Å². The van der Waals surface area contributed by atoms with E-state index in [-0.39, 0.29) is 23.8 Å². The second-order valence-corrected chi connectivity index (χ2v) is 7.32. The number of guanidine groups is 1. The van der Waals surface area contributed by atoms with Gasteiger partial charge < -0.3 is 25.0 Å². The number of pyridine rings is 1. The zero-order valence-corrected chi connectivity index (χ0v) is 17.8. The van der Waals surface area contributed by atoms with Gasteiger partial charge >= 0.3 is 0 Å². The highest BCUT2D eigenvalue weighted by Crippen LogP contribution is 2.17. The van der Waals surface area contributed by atoms with Gasteiger partial charge in [0.1, 0.15) is 11.9 Å². The Morgan fingerprint density at radius 3 is 2.97 bits per heavy atom. The molecular weight excluding hydrogens is 385 g/mol. The van der Waals surface area contributed by atoms with Crippen LogP contribution in [0.15, 0.2) is 47.6 Å². The van der Waals surface area contributed by atoms with Gasteiger partial charge in [0.2, 0.25) is 0 Å². The molecule has 1 fully saturated rings. The lowest BCUT2D eigenvalue weighted by atomic mass is 10.2. The van der Waals surface area contributed by atoms with E-state index >= 15 is 0 Å². The van der Waals surface area contributed by atoms with E-state index in [0.717, 1.165) is 31.1 Å². The van der Waals surface area contributed by atoms with Crippen LogP contribution >= 0.6 is 0 Å². The molecule has 2 unspecified atom stereocenters. The highest BCUT2D eigenvalue weighted by molar-refractivity contribution is 5.79. The molecule has 1 aliphatic heterocycles. The molecule has 2 aromatic rings. The van der Waals surface area contributed by atoms with Crippen LogP contribution in [0.25, 0.3) is 0 Å². The number of anilines is 1. The van der Waals surface area contributed by atoms with Gasteiger partial charge in [-0.3, -0.25) is 4.99 Å². The zero-order valence-electron chi connectivity index (χ0n) is 17.8. The van der Waals surface area contributed by atoms with Crippen LogP contribution in [0.4, 0.5) is 10.2 Å². The molecule has 2 atom stereocenters. The third-order valence-electron chi connectivity index (χ3n) is 4.78. The first-order chi connectivity index (χ1) is 14.5. The quantitative estimate of drug-likeness (QED) is 0.535. The highest BCUT2D eigenvalue weighted by Gasteiger charge is 2.18. The average Bonchev–Trinajstić information content (AvgIpc) is 2.76. The molecule has 1 aromatic carbocycles. The fourth-order valence-corrected chi connectivity index (χ4v) is 3.22. The van der Waals surface area contributed by atoms with Crippen LogP contribution < -0.4 is 20.3 Å². The largest absolute Gasteiger partial charge is 0.486 e. The Morgan fingerprint density at radius 2 is 2.20 bits per heavy atom. The lowest BCUT2D eigenvalue weighted by Crippen LogP contribution is -2.42. The van der Waals surface area contributed by atoms with Crippen LogP contribution in [-0.2, 0) is 11.3 Å². The minimum Gasteiger partial charge on any atom is -0.486 e. The maximum absolute atomic E-state index is 13.7. The fourth-order valence-electron chi connectivity index (χ4n) is 3.22. The highest BCUT2D eigenvalue weighted by atomic mass is 19.1. The Kier molecular flexibility index (Phi) is 7.84. The number of nitrogens with one attached hydrogen (secondary N) is 2. The van der Waals surface area contributed by atoms with Crippen LogP contribution in [0.3, 0.4) is 0 Å². The van der Waals surface area contributed by atoms with Gasteiger partial charge in [0.15, 0.2) is 17.5 Å². The number of aliphatic imine (C=N–C) groups is 1. The Morgan fingerprint density at radius 1 is 1.37 bits per heavy atom. The van der Waals surface area contributed by atoms with Crippen molar-refractivity contribution < 1.29 is 13.9 Å². The van der Waals surface area contributed by atoms with E-state index in [1.165, 1.54) is 6.07 Å². The summed E-state index contributed by atoms with van der Waals surface area (Å²) < 4.78 is 25.0. The molecule has 1 aliphatic rings. The minimum atomic E-state index is -0.366. The summed E-state index contributed by atoms with van der Waals surface area (Å²) in [7, 11) is 1.71. The monoisotopic (exact) mass is 415 g/mol. The lowest BCUT2D eigenvalue weighted by molar-refractivity contribution is 0.0529. The molecule has 162 valence electrons. The Balaban J connectivity index is 1.48. The van der Waals surface area contributed by atoms with Gasteiger partial charge in [-0.15, -0.1) is 0 Å². The number of nitrogens with zero attached hydrogens (tertiary/aromatic N) is 3. The molecule has 2 N–H and O–H groups in total. The summed E-state index contributed by atoms with van der Waals surface area (Å²) in [6, 6.07) is 10.5. The molecule has 0 bridgehead atoms. The predicted octanol–water partition coefficient (Wildman–Crippen LogP) is 2.58. The first-order valence-corrected chi connectivity index (χ1v) is 10.2. The van der Waals surface area contributed by atoms with Gasteiger partial charge in [-0.1, -0.05) is 12.1 Å². The second-order valence-electron chi connectivity index (χ2n) is 7.32. The SMILES string of the molecule is CN=C(NCc1ccnc(N2CCOC(C)C2)c1)NCC(C)Oc1ccccc1F. The fraction of sp³-hybridized carbons (Fsp3) is 0.455. The normalized spacial score (nSPS) is 18.1. The van der Waals surface area contributed by atoms with E-state index in [0.29, 0.717) is 19.0 Å². The molecule has 0 saturated carbocycles. The van der Waals surface area contributed by atoms with Crippen molar-refractivity contribution in [2.24, 2.45) is 4.99 Å². The number of hydrogen-bond acceptors (Lipinski definition) is 5. The van der Waals surface area contributed by atoms with Crippen molar-refractivity contribution in [2.45, 2.75) is 32.6 Å². The van der Waals surface area contributed by atoms with Crippen molar-refractivity contribution in [1.82, 2.24) is 15.6 Å². The van der Waals surface area contributed by atoms with Gasteiger partial charge in [-0.25, -0.2) is 9.37 Å². The molecule has 0 aliphatic carbocycles. The van der Waals surface area contributed by atoms with Gasteiger partial charge in [0.05, 0.1) is 19.3 Å². The number of aromatic nitrogens is 1. The third kappa shape index (κ3) is 6.32. The van der Waals surface area contributed by atoms with Crippen molar-refractivity contribution >= 4 is 11.8 Å². The molecule has 1 aromatic heterocycles. The zero-order chi connectivity index (χ0) is 21.3. The van der Waals surface area contributed by atoms with E-state index in [1.54, 1.807) is 25.2 Å². The molecule has 30 heavy (non-hydrogen) atoms. The van der Waals surface area contributed by atoms with Crippen molar-refractivity contribution in [2.75, 3.05) is 38.2 Å². The molecule has 8 heteroatoms. The Bertz CT molecular complexity index is 848. The third-order valence-corrected chi connectivity index (χ3v) is 4.78. The van der Waals surface area contributed by atoms with Gasteiger partial charge in [-0.05, 0) is 43.7 Å². The van der Waals surface area contributed by atoms with Gasteiger partial charge in [-0.2, -0.15) is 0 Å². The van der Waals surface area contributed by atoms with Gasteiger partial charge in [0.25, 0.3) is 0 Å². The maximum Gasteiger partial charge on any atom is 0.191 e. The molecular formula is C22H30FN5O2.